The quantitative estimate of drug-likeness (QED) is 0.312. The van der Waals surface area contributed by atoms with Crippen molar-refractivity contribution >= 4 is 35.9 Å². The Bertz CT molecular complexity index is 1150. The summed E-state index contributed by atoms with van der Waals surface area (Å²) < 4.78 is 0. The van der Waals surface area contributed by atoms with Crippen LogP contribution in [0.1, 0.15) is 21.5 Å². The molecule has 0 unspecified atom stereocenters. The number of hydrogen-bond acceptors (Lipinski definition) is 4. The molecule has 0 heterocycles. The molecule has 0 saturated carbocycles. The Morgan fingerprint density at radius 2 is 1.45 bits per heavy atom. The first-order valence-corrected chi connectivity index (χ1v) is 10.4. The second-order valence-electron chi connectivity index (χ2n) is 7.35. The van der Waals surface area contributed by atoms with Crippen LogP contribution in [0.25, 0.3) is 12.2 Å². The molecule has 6 heteroatoms. The fourth-order valence-electron chi connectivity index (χ4n) is 2.90. The molecule has 0 aromatic heterocycles. The molecule has 6 nitrogen and oxygen atoms in total. The van der Waals surface area contributed by atoms with E-state index < -0.39 is 5.91 Å². The Morgan fingerprint density at radius 1 is 0.818 bits per heavy atom. The highest BCUT2D eigenvalue weighted by molar-refractivity contribution is 6.05. The van der Waals surface area contributed by atoms with E-state index in [4.69, 9.17) is 0 Å². The lowest BCUT2D eigenvalue weighted by atomic mass is 10.1. The Balaban J connectivity index is 1.75. The summed E-state index contributed by atoms with van der Waals surface area (Å²) in [7, 11) is 3.90. The van der Waals surface area contributed by atoms with E-state index >= 15 is 0 Å². The molecular weight excluding hydrogens is 412 g/mol. The van der Waals surface area contributed by atoms with E-state index in [9.17, 15) is 9.59 Å². The van der Waals surface area contributed by atoms with Crippen LogP contribution in [0.2, 0.25) is 0 Å². The fraction of sp³-hybridized carbons (Fsp3) is 0.0741. The molecule has 0 aliphatic rings. The van der Waals surface area contributed by atoms with Gasteiger partial charge in [0.25, 0.3) is 11.8 Å². The maximum absolute atomic E-state index is 12.8. The van der Waals surface area contributed by atoms with Crippen molar-refractivity contribution in [3.63, 3.8) is 0 Å². The van der Waals surface area contributed by atoms with E-state index in [0.717, 1.165) is 16.8 Å². The number of hydrogen-bond donors (Lipinski definition) is 2. The van der Waals surface area contributed by atoms with Gasteiger partial charge in [-0.2, -0.15) is 5.10 Å². The maximum Gasteiger partial charge on any atom is 0.287 e. The molecule has 3 aromatic rings. The van der Waals surface area contributed by atoms with Gasteiger partial charge in [-0.3, -0.25) is 9.59 Å². The largest absolute Gasteiger partial charge is 0.378 e. The maximum atomic E-state index is 12.8. The molecule has 0 saturated heterocycles. The Morgan fingerprint density at radius 3 is 2.09 bits per heavy atom. The lowest BCUT2D eigenvalue weighted by molar-refractivity contribution is -0.117. The van der Waals surface area contributed by atoms with E-state index in [1.807, 2.05) is 85.7 Å². The standard InChI is InChI=1S/C27H26N4O2/c1-31(2)24-17-15-22(16-18-24)20-25(29-26(32)23-13-7-4-8-14-23)27(33)30-28-19-9-12-21-10-5-3-6-11-21/h3-20H,1-2H3,(H,29,32)(H,30,33)/b12-9-,25-20+,28-19?. The van der Waals surface area contributed by atoms with Crippen LogP contribution in [0.3, 0.4) is 0 Å². The summed E-state index contributed by atoms with van der Waals surface area (Å²) in [4.78, 5) is 27.4. The van der Waals surface area contributed by atoms with E-state index in [0.29, 0.717) is 5.56 Å². The zero-order valence-corrected chi connectivity index (χ0v) is 18.6. The summed E-state index contributed by atoms with van der Waals surface area (Å²) >= 11 is 0. The first-order chi connectivity index (χ1) is 16.0. The van der Waals surface area contributed by atoms with E-state index in [2.05, 4.69) is 15.8 Å². The van der Waals surface area contributed by atoms with Crippen LogP contribution in [-0.4, -0.2) is 32.1 Å². The fourth-order valence-corrected chi connectivity index (χ4v) is 2.90. The minimum atomic E-state index is -0.527. The zero-order chi connectivity index (χ0) is 23.5. The molecule has 166 valence electrons. The minimum absolute atomic E-state index is 0.0886. The summed E-state index contributed by atoms with van der Waals surface area (Å²) in [6, 6.07) is 26.1. The zero-order valence-electron chi connectivity index (χ0n) is 18.6. The van der Waals surface area contributed by atoms with Gasteiger partial charge < -0.3 is 10.2 Å². The summed E-state index contributed by atoms with van der Waals surface area (Å²) in [6.45, 7) is 0. The summed E-state index contributed by atoms with van der Waals surface area (Å²) in [5, 5.41) is 6.65. The van der Waals surface area contributed by atoms with Gasteiger partial charge in [-0.25, -0.2) is 5.43 Å². The number of carbonyl (C=O) groups excluding carboxylic acids is 2. The second kappa shape index (κ2) is 11.8. The third kappa shape index (κ3) is 7.33. The number of nitrogens with one attached hydrogen (secondary N) is 2. The van der Waals surface area contributed by atoms with Gasteiger partial charge in [0.1, 0.15) is 5.70 Å². The van der Waals surface area contributed by atoms with Gasteiger partial charge in [0.05, 0.1) is 0 Å². The number of allylic oxidation sites excluding steroid dienone is 1. The molecule has 2 amide bonds. The van der Waals surface area contributed by atoms with Crippen LogP contribution in [0, 0.1) is 0 Å². The van der Waals surface area contributed by atoms with Gasteiger partial charge in [0.2, 0.25) is 0 Å². The average Bonchev–Trinajstić information content (AvgIpc) is 2.84. The monoisotopic (exact) mass is 438 g/mol. The van der Waals surface area contributed by atoms with Gasteiger partial charge in [-0.1, -0.05) is 66.7 Å². The smallest absolute Gasteiger partial charge is 0.287 e. The van der Waals surface area contributed by atoms with E-state index in [1.165, 1.54) is 6.21 Å². The SMILES string of the molecule is CN(C)c1ccc(/C=C(/NC(=O)c2ccccc2)C(=O)NN=C/C=C\c2ccccc2)cc1. The van der Waals surface area contributed by atoms with E-state index in [1.54, 1.807) is 36.4 Å². The molecule has 0 spiro atoms. The van der Waals surface area contributed by atoms with Crippen molar-refractivity contribution in [2.45, 2.75) is 0 Å². The third-order valence-electron chi connectivity index (χ3n) is 4.66. The number of anilines is 1. The highest BCUT2D eigenvalue weighted by Crippen LogP contribution is 2.14. The van der Waals surface area contributed by atoms with Crippen LogP contribution in [0.4, 0.5) is 5.69 Å². The summed E-state index contributed by atoms with van der Waals surface area (Å²) in [5.41, 5.74) is 5.82. The molecule has 2 N–H and O–H groups in total. The number of nitrogens with zero attached hydrogens (tertiary/aromatic N) is 2. The molecule has 0 radical (unpaired) electrons. The topological polar surface area (TPSA) is 73.8 Å². The molecule has 0 bridgehead atoms. The van der Waals surface area contributed by atoms with Crippen LogP contribution in [0.5, 0.6) is 0 Å². The highest BCUT2D eigenvalue weighted by Gasteiger charge is 2.14. The first-order valence-electron chi connectivity index (χ1n) is 10.4. The minimum Gasteiger partial charge on any atom is -0.378 e. The number of benzene rings is 3. The predicted octanol–water partition coefficient (Wildman–Crippen LogP) is 4.34. The normalized spacial score (nSPS) is 11.5. The van der Waals surface area contributed by atoms with Gasteiger partial charge in [0.15, 0.2) is 0 Å². The van der Waals surface area contributed by atoms with Crippen molar-refractivity contribution in [2.24, 2.45) is 5.10 Å². The second-order valence-corrected chi connectivity index (χ2v) is 7.35. The molecule has 3 rings (SSSR count). The molecule has 3 aromatic carbocycles. The number of amides is 2. The molecule has 0 atom stereocenters. The predicted molar refractivity (Wildman–Crippen MR) is 135 cm³/mol. The summed E-state index contributed by atoms with van der Waals surface area (Å²) in [5.74, 6) is -0.907. The van der Waals surface area contributed by atoms with Crippen molar-refractivity contribution in [1.29, 1.82) is 0 Å². The lowest BCUT2D eigenvalue weighted by Crippen LogP contribution is -2.32. The van der Waals surface area contributed by atoms with Crippen molar-refractivity contribution in [3.8, 4) is 0 Å². The molecule has 33 heavy (non-hydrogen) atoms. The average molecular weight is 439 g/mol. The number of hydrazone groups is 1. The van der Waals surface area contributed by atoms with Crippen molar-refractivity contribution in [3.05, 3.63) is 113 Å². The van der Waals surface area contributed by atoms with Crippen LogP contribution < -0.4 is 15.6 Å². The third-order valence-corrected chi connectivity index (χ3v) is 4.66. The van der Waals surface area contributed by atoms with Crippen LogP contribution >= 0.6 is 0 Å². The van der Waals surface area contributed by atoms with Gasteiger partial charge in [-0.15, -0.1) is 0 Å². The first kappa shape index (κ1) is 23.2. The molecule has 0 aliphatic carbocycles. The number of rotatable bonds is 8. The molecule has 0 aliphatic heterocycles. The van der Waals surface area contributed by atoms with Gasteiger partial charge in [0, 0.05) is 31.6 Å². The number of carbonyl (C=O) groups is 2. The van der Waals surface area contributed by atoms with Gasteiger partial charge in [-0.05, 0) is 47.5 Å². The van der Waals surface area contributed by atoms with Crippen LogP contribution in [-0.2, 0) is 4.79 Å². The Hall–Kier alpha value is -4.45. The van der Waals surface area contributed by atoms with E-state index in [-0.39, 0.29) is 11.6 Å². The Labute approximate surface area is 193 Å². The Kier molecular flexibility index (Phi) is 8.31. The van der Waals surface area contributed by atoms with Crippen molar-refractivity contribution < 1.29 is 9.59 Å². The summed E-state index contributed by atoms with van der Waals surface area (Å²) in [6.07, 6.45) is 6.69. The molecular formula is C27H26N4O2. The van der Waals surface area contributed by atoms with Crippen LogP contribution in [0.15, 0.2) is 102 Å². The van der Waals surface area contributed by atoms with Gasteiger partial charge >= 0.3 is 0 Å². The lowest BCUT2D eigenvalue weighted by Gasteiger charge is -2.12. The van der Waals surface area contributed by atoms with Crippen molar-refractivity contribution in [1.82, 2.24) is 10.7 Å². The van der Waals surface area contributed by atoms with Crippen molar-refractivity contribution in [2.75, 3.05) is 19.0 Å². The molecule has 0 fully saturated rings. The highest BCUT2D eigenvalue weighted by atomic mass is 16.2.